The average Bonchev–Trinajstić information content (AvgIpc) is 2.86. The Morgan fingerprint density at radius 1 is 1.71 bits per heavy atom. The first-order valence-electron chi connectivity index (χ1n) is 5.74. The van der Waals surface area contributed by atoms with Crippen LogP contribution in [0.3, 0.4) is 0 Å². The molecule has 0 aromatic carbocycles. The molecule has 2 rings (SSSR count). The summed E-state index contributed by atoms with van der Waals surface area (Å²) in [6, 6.07) is 0. The van der Waals surface area contributed by atoms with Crippen LogP contribution in [0.4, 0.5) is 5.69 Å². The lowest BCUT2D eigenvalue weighted by Crippen LogP contribution is -2.37. The number of nitrogens with zero attached hydrogens (tertiary/aromatic N) is 1. The van der Waals surface area contributed by atoms with Crippen molar-refractivity contribution in [2.75, 3.05) is 18.0 Å². The SMILES string of the molecule is Cc1[nH]nc(C(=O)NCC2(C)CCCS2)c1N. The Labute approximate surface area is 105 Å². The van der Waals surface area contributed by atoms with Gasteiger partial charge in [-0.05, 0) is 32.4 Å². The molecule has 17 heavy (non-hydrogen) atoms. The van der Waals surface area contributed by atoms with Gasteiger partial charge in [0.15, 0.2) is 5.69 Å². The molecule has 1 unspecified atom stereocenters. The minimum absolute atomic E-state index is 0.162. The zero-order chi connectivity index (χ0) is 12.5. The van der Waals surface area contributed by atoms with Crippen LogP contribution in [0.2, 0.25) is 0 Å². The van der Waals surface area contributed by atoms with Gasteiger partial charge in [-0.2, -0.15) is 16.9 Å². The minimum Gasteiger partial charge on any atom is -0.395 e. The highest BCUT2D eigenvalue weighted by molar-refractivity contribution is 8.00. The number of aromatic nitrogens is 2. The van der Waals surface area contributed by atoms with Crippen LogP contribution < -0.4 is 11.1 Å². The van der Waals surface area contributed by atoms with Crippen molar-refractivity contribution in [1.82, 2.24) is 15.5 Å². The summed E-state index contributed by atoms with van der Waals surface area (Å²) in [6.07, 6.45) is 2.37. The second-order valence-electron chi connectivity index (χ2n) is 4.70. The van der Waals surface area contributed by atoms with Gasteiger partial charge in [-0.1, -0.05) is 0 Å². The number of nitrogen functional groups attached to an aromatic ring is 1. The van der Waals surface area contributed by atoms with Crippen molar-refractivity contribution in [1.29, 1.82) is 0 Å². The van der Waals surface area contributed by atoms with Gasteiger partial charge < -0.3 is 11.1 Å². The molecule has 1 aromatic rings. The van der Waals surface area contributed by atoms with Crippen molar-refractivity contribution < 1.29 is 4.79 Å². The van der Waals surface area contributed by atoms with Crippen LogP contribution in [-0.2, 0) is 0 Å². The lowest BCUT2D eigenvalue weighted by atomic mass is 10.1. The summed E-state index contributed by atoms with van der Waals surface area (Å²) in [5.41, 5.74) is 7.23. The Bertz CT molecular complexity index is 423. The number of rotatable bonds is 3. The van der Waals surface area contributed by atoms with Gasteiger partial charge in [0.1, 0.15) is 0 Å². The van der Waals surface area contributed by atoms with E-state index in [0.717, 1.165) is 12.1 Å². The maximum Gasteiger partial charge on any atom is 0.273 e. The van der Waals surface area contributed by atoms with Gasteiger partial charge in [0.05, 0.1) is 11.4 Å². The Hall–Kier alpha value is -1.17. The summed E-state index contributed by atoms with van der Waals surface area (Å²) in [7, 11) is 0. The molecule has 94 valence electrons. The van der Waals surface area contributed by atoms with Gasteiger partial charge in [0, 0.05) is 11.3 Å². The quantitative estimate of drug-likeness (QED) is 0.759. The topological polar surface area (TPSA) is 83.8 Å². The van der Waals surface area contributed by atoms with E-state index in [-0.39, 0.29) is 10.7 Å². The van der Waals surface area contributed by atoms with E-state index in [1.54, 1.807) is 6.92 Å². The summed E-state index contributed by atoms with van der Waals surface area (Å²) >= 11 is 1.92. The Kier molecular flexibility index (Phi) is 3.33. The summed E-state index contributed by atoms with van der Waals surface area (Å²) in [6.45, 7) is 4.65. The molecule has 0 radical (unpaired) electrons. The summed E-state index contributed by atoms with van der Waals surface area (Å²) in [4.78, 5) is 11.9. The number of aromatic amines is 1. The molecule has 1 fully saturated rings. The van der Waals surface area contributed by atoms with Crippen molar-refractivity contribution in [3.8, 4) is 0 Å². The molecule has 5 nitrogen and oxygen atoms in total. The molecule has 0 bridgehead atoms. The Morgan fingerprint density at radius 2 is 2.47 bits per heavy atom. The van der Waals surface area contributed by atoms with Crippen LogP contribution in [0.25, 0.3) is 0 Å². The fraction of sp³-hybridized carbons (Fsp3) is 0.636. The third-order valence-electron chi connectivity index (χ3n) is 3.13. The molecule has 1 amide bonds. The highest BCUT2D eigenvalue weighted by atomic mass is 32.2. The van der Waals surface area contributed by atoms with E-state index in [0.29, 0.717) is 17.9 Å². The highest BCUT2D eigenvalue weighted by Crippen LogP contribution is 2.37. The molecule has 2 heterocycles. The standard InChI is InChI=1S/C11H18N4OS/c1-7-8(12)9(15-14-7)10(16)13-6-11(2)4-3-5-17-11/h3-6,12H2,1-2H3,(H,13,16)(H,14,15). The van der Waals surface area contributed by atoms with Crippen molar-refractivity contribution in [2.45, 2.75) is 31.4 Å². The zero-order valence-electron chi connectivity index (χ0n) is 10.2. The van der Waals surface area contributed by atoms with Gasteiger partial charge >= 0.3 is 0 Å². The number of anilines is 1. The normalized spacial score (nSPS) is 23.9. The van der Waals surface area contributed by atoms with Crippen molar-refractivity contribution in [2.24, 2.45) is 0 Å². The zero-order valence-corrected chi connectivity index (χ0v) is 11.0. The predicted octanol–water partition coefficient (Wildman–Crippen LogP) is 1.32. The van der Waals surface area contributed by atoms with Crippen LogP contribution in [0.1, 0.15) is 35.9 Å². The molecule has 1 aromatic heterocycles. The van der Waals surface area contributed by atoms with Crippen LogP contribution in [0, 0.1) is 6.92 Å². The maximum atomic E-state index is 11.9. The number of H-pyrrole nitrogens is 1. The number of aryl methyl sites for hydroxylation is 1. The fourth-order valence-corrected chi connectivity index (χ4v) is 3.18. The van der Waals surface area contributed by atoms with E-state index in [1.807, 2.05) is 11.8 Å². The predicted molar refractivity (Wildman–Crippen MR) is 70.2 cm³/mol. The molecule has 1 saturated heterocycles. The number of hydrogen-bond donors (Lipinski definition) is 3. The number of carbonyl (C=O) groups is 1. The Morgan fingerprint density at radius 3 is 3.00 bits per heavy atom. The molecule has 1 aliphatic rings. The molecule has 1 atom stereocenters. The van der Waals surface area contributed by atoms with Crippen LogP contribution >= 0.6 is 11.8 Å². The molecule has 0 aliphatic carbocycles. The second kappa shape index (κ2) is 4.60. The monoisotopic (exact) mass is 254 g/mol. The maximum absolute atomic E-state index is 11.9. The van der Waals surface area contributed by atoms with Gasteiger partial charge in [0.25, 0.3) is 5.91 Å². The molecule has 4 N–H and O–H groups in total. The van der Waals surface area contributed by atoms with Gasteiger partial charge in [-0.25, -0.2) is 0 Å². The average molecular weight is 254 g/mol. The second-order valence-corrected chi connectivity index (χ2v) is 6.38. The van der Waals surface area contributed by atoms with Crippen LogP contribution in [0.5, 0.6) is 0 Å². The Balaban J connectivity index is 1.96. The molecule has 0 saturated carbocycles. The van der Waals surface area contributed by atoms with Gasteiger partial charge in [-0.15, -0.1) is 0 Å². The number of nitrogens with two attached hydrogens (primary N) is 1. The molecule has 1 aliphatic heterocycles. The fourth-order valence-electron chi connectivity index (χ4n) is 1.94. The smallest absolute Gasteiger partial charge is 0.273 e. The minimum atomic E-state index is -0.194. The third kappa shape index (κ3) is 2.57. The lowest BCUT2D eigenvalue weighted by Gasteiger charge is -2.22. The molecular weight excluding hydrogens is 236 g/mol. The van der Waals surface area contributed by atoms with E-state index in [1.165, 1.54) is 12.2 Å². The van der Waals surface area contributed by atoms with E-state index in [9.17, 15) is 4.79 Å². The number of amides is 1. The lowest BCUT2D eigenvalue weighted by molar-refractivity contribution is 0.0946. The van der Waals surface area contributed by atoms with Crippen molar-refractivity contribution in [3.05, 3.63) is 11.4 Å². The molecule has 6 heteroatoms. The first-order chi connectivity index (χ1) is 8.02. The summed E-state index contributed by atoms with van der Waals surface area (Å²) in [5, 5.41) is 9.54. The first kappa shape index (κ1) is 12.3. The summed E-state index contributed by atoms with van der Waals surface area (Å²) < 4.78 is 0.162. The summed E-state index contributed by atoms with van der Waals surface area (Å²) in [5.74, 6) is 0.983. The first-order valence-corrected chi connectivity index (χ1v) is 6.73. The largest absolute Gasteiger partial charge is 0.395 e. The number of thioether (sulfide) groups is 1. The van der Waals surface area contributed by atoms with Gasteiger partial charge in [-0.3, -0.25) is 9.89 Å². The number of hydrogen-bond acceptors (Lipinski definition) is 4. The van der Waals surface area contributed by atoms with E-state index in [2.05, 4.69) is 22.4 Å². The van der Waals surface area contributed by atoms with Crippen LogP contribution in [0.15, 0.2) is 0 Å². The van der Waals surface area contributed by atoms with E-state index in [4.69, 9.17) is 5.73 Å². The van der Waals surface area contributed by atoms with Crippen LogP contribution in [-0.4, -0.2) is 33.1 Å². The van der Waals surface area contributed by atoms with E-state index < -0.39 is 0 Å². The van der Waals surface area contributed by atoms with Crippen molar-refractivity contribution >= 4 is 23.4 Å². The molecule has 0 spiro atoms. The highest BCUT2D eigenvalue weighted by Gasteiger charge is 2.30. The molecular formula is C11H18N4OS. The number of carbonyl (C=O) groups excluding carboxylic acids is 1. The van der Waals surface area contributed by atoms with Gasteiger partial charge in [0.2, 0.25) is 0 Å². The van der Waals surface area contributed by atoms with E-state index >= 15 is 0 Å². The number of nitrogens with one attached hydrogen (secondary N) is 2. The third-order valence-corrected chi connectivity index (χ3v) is 4.67. The van der Waals surface area contributed by atoms with Crippen molar-refractivity contribution in [3.63, 3.8) is 0 Å².